The highest BCUT2D eigenvalue weighted by Gasteiger charge is 2.15. The summed E-state index contributed by atoms with van der Waals surface area (Å²) in [4.78, 5) is 4.48. The Bertz CT molecular complexity index is 565. The normalized spacial score (nSPS) is 17.1. The minimum absolute atomic E-state index is 0.663. The molecule has 3 heteroatoms. The van der Waals surface area contributed by atoms with Crippen LogP contribution in [0.15, 0.2) is 18.2 Å². The Labute approximate surface area is 114 Å². The van der Waals surface area contributed by atoms with Gasteiger partial charge < -0.3 is 10.3 Å². The van der Waals surface area contributed by atoms with Crippen LogP contribution in [-0.2, 0) is 6.54 Å². The van der Waals surface area contributed by atoms with E-state index >= 15 is 0 Å². The number of rotatable bonds is 3. The van der Waals surface area contributed by atoms with Crippen LogP contribution in [0.4, 0.5) is 5.95 Å². The molecule has 1 aromatic heterocycles. The third kappa shape index (κ3) is 2.60. The van der Waals surface area contributed by atoms with E-state index < -0.39 is 0 Å². The fourth-order valence-electron chi connectivity index (χ4n) is 3.28. The molecule has 0 aliphatic heterocycles. The summed E-state index contributed by atoms with van der Waals surface area (Å²) in [5, 5.41) is 0. The molecule has 1 fully saturated rings. The Morgan fingerprint density at radius 1 is 1.26 bits per heavy atom. The smallest absolute Gasteiger partial charge is 0.201 e. The predicted molar refractivity (Wildman–Crippen MR) is 80.1 cm³/mol. The zero-order valence-corrected chi connectivity index (χ0v) is 11.7. The van der Waals surface area contributed by atoms with E-state index in [4.69, 9.17) is 5.73 Å². The molecule has 1 saturated carbocycles. The van der Waals surface area contributed by atoms with Crippen LogP contribution in [0.1, 0.15) is 44.1 Å². The van der Waals surface area contributed by atoms with Crippen LogP contribution in [-0.4, -0.2) is 9.55 Å². The van der Waals surface area contributed by atoms with Crippen LogP contribution in [0.3, 0.4) is 0 Å². The van der Waals surface area contributed by atoms with Crippen molar-refractivity contribution in [3.05, 3.63) is 23.8 Å². The van der Waals surface area contributed by atoms with E-state index in [1.807, 2.05) is 0 Å². The number of hydrogen-bond acceptors (Lipinski definition) is 2. The number of fused-ring (bicyclic) bond motifs is 1. The maximum absolute atomic E-state index is 6.07. The fraction of sp³-hybridized carbons (Fsp3) is 0.562. The van der Waals surface area contributed by atoms with Crippen LogP contribution in [0, 0.1) is 12.8 Å². The maximum atomic E-state index is 6.07. The molecule has 0 unspecified atom stereocenters. The van der Waals surface area contributed by atoms with E-state index in [2.05, 4.69) is 34.7 Å². The standard InChI is InChI=1S/C16H23N3/c1-12-7-8-15-14(11-12)18-16(17)19(15)10-9-13-5-3-2-4-6-13/h7-8,11,13H,2-6,9-10H2,1H3,(H2,17,18). The van der Waals surface area contributed by atoms with E-state index in [9.17, 15) is 0 Å². The van der Waals surface area contributed by atoms with E-state index in [0.717, 1.165) is 18.0 Å². The lowest BCUT2D eigenvalue weighted by atomic mass is 9.87. The second-order valence-electron chi connectivity index (χ2n) is 5.91. The molecule has 3 nitrogen and oxygen atoms in total. The van der Waals surface area contributed by atoms with Crippen LogP contribution in [0.5, 0.6) is 0 Å². The highest BCUT2D eigenvalue weighted by atomic mass is 15.1. The molecular weight excluding hydrogens is 234 g/mol. The molecule has 1 heterocycles. The Morgan fingerprint density at radius 2 is 2.05 bits per heavy atom. The number of aryl methyl sites for hydroxylation is 2. The zero-order chi connectivity index (χ0) is 13.2. The first-order valence-electron chi connectivity index (χ1n) is 7.46. The fourth-order valence-corrected chi connectivity index (χ4v) is 3.28. The van der Waals surface area contributed by atoms with Gasteiger partial charge in [-0.1, -0.05) is 38.2 Å². The second kappa shape index (κ2) is 5.24. The van der Waals surface area contributed by atoms with Crippen molar-refractivity contribution in [3.8, 4) is 0 Å². The van der Waals surface area contributed by atoms with Gasteiger partial charge in [-0.3, -0.25) is 0 Å². The van der Waals surface area contributed by atoms with Crippen LogP contribution >= 0.6 is 0 Å². The lowest BCUT2D eigenvalue weighted by molar-refractivity contribution is 0.326. The summed E-state index contributed by atoms with van der Waals surface area (Å²) in [5.41, 5.74) is 9.52. The number of anilines is 1. The van der Waals surface area contributed by atoms with E-state index in [0.29, 0.717) is 5.95 Å². The highest BCUT2D eigenvalue weighted by molar-refractivity contribution is 5.79. The van der Waals surface area contributed by atoms with Crippen molar-refractivity contribution in [3.63, 3.8) is 0 Å². The molecule has 0 radical (unpaired) electrons. The van der Waals surface area contributed by atoms with Gasteiger partial charge in [0.15, 0.2) is 0 Å². The second-order valence-corrected chi connectivity index (χ2v) is 5.91. The summed E-state index contributed by atoms with van der Waals surface area (Å²) in [6.07, 6.45) is 8.26. The third-order valence-electron chi connectivity index (χ3n) is 4.42. The van der Waals surface area contributed by atoms with Crippen molar-refractivity contribution in [1.82, 2.24) is 9.55 Å². The molecule has 1 aliphatic carbocycles. The Balaban J connectivity index is 1.78. The number of hydrogen-bond donors (Lipinski definition) is 1. The van der Waals surface area contributed by atoms with Crippen molar-refractivity contribution in [2.24, 2.45) is 5.92 Å². The van der Waals surface area contributed by atoms with Gasteiger partial charge in [0.1, 0.15) is 0 Å². The van der Waals surface area contributed by atoms with Gasteiger partial charge in [-0.25, -0.2) is 4.98 Å². The van der Waals surface area contributed by atoms with Gasteiger partial charge in [0.25, 0.3) is 0 Å². The predicted octanol–water partition coefficient (Wildman–Crippen LogP) is 3.90. The first-order chi connectivity index (χ1) is 9.24. The lowest BCUT2D eigenvalue weighted by Gasteiger charge is -2.21. The average molecular weight is 257 g/mol. The topological polar surface area (TPSA) is 43.8 Å². The molecule has 0 bridgehead atoms. The summed E-state index contributed by atoms with van der Waals surface area (Å²) in [7, 11) is 0. The molecule has 2 N–H and O–H groups in total. The van der Waals surface area contributed by atoms with Crippen molar-refractivity contribution < 1.29 is 0 Å². The molecule has 2 aromatic rings. The van der Waals surface area contributed by atoms with Crippen molar-refractivity contribution in [1.29, 1.82) is 0 Å². The molecule has 0 saturated heterocycles. The zero-order valence-electron chi connectivity index (χ0n) is 11.7. The monoisotopic (exact) mass is 257 g/mol. The number of nitrogens with two attached hydrogens (primary N) is 1. The lowest BCUT2D eigenvalue weighted by Crippen LogP contribution is -2.11. The number of nitrogens with zero attached hydrogens (tertiary/aromatic N) is 2. The number of aromatic nitrogens is 2. The first-order valence-corrected chi connectivity index (χ1v) is 7.46. The number of imidazole rings is 1. The number of nitrogen functional groups attached to an aromatic ring is 1. The highest BCUT2D eigenvalue weighted by Crippen LogP contribution is 2.28. The van der Waals surface area contributed by atoms with Gasteiger partial charge in [-0.05, 0) is 37.0 Å². The number of benzene rings is 1. The average Bonchev–Trinajstić information content (AvgIpc) is 2.72. The first kappa shape index (κ1) is 12.5. The molecule has 0 amide bonds. The van der Waals surface area contributed by atoms with Gasteiger partial charge in [0.2, 0.25) is 5.95 Å². The molecule has 1 aliphatic rings. The third-order valence-corrected chi connectivity index (χ3v) is 4.42. The van der Waals surface area contributed by atoms with E-state index in [-0.39, 0.29) is 0 Å². The summed E-state index contributed by atoms with van der Waals surface area (Å²) in [6, 6.07) is 6.40. The van der Waals surface area contributed by atoms with Crippen molar-refractivity contribution in [2.45, 2.75) is 52.0 Å². The minimum Gasteiger partial charge on any atom is -0.369 e. The maximum Gasteiger partial charge on any atom is 0.201 e. The molecule has 0 atom stereocenters. The quantitative estimate of drug-likeness (QED) is 0.906. The Morgan fingerprint density at radius 3 is 2.84 bits per heavy atom. The van der Waals surface area contributed by atoms with Crippen molar-refractivity contribution >= 4 is 17.0 Å². The van der Waals surface area contributed by atoms with Crippen LogP contribution in [0.25, 0.3) is 11.0 Å². The molecule has 1 aromatic carbocycles. The Kier molecular flexibility index (Phi) is 3.45. The molecule has 3 rings (SSSR count). The van der Waals surface area contributed by atoms with Crippen molar-refractivity contribution in [2.75, 3.05) is 5.73 Å². The minimum atomic E-state index is 0.663. The van der Waals surface area contributed by atoms with Gasteiger partial charge in [0.05, 0.1) is 11.0 Å². The molecule has 19 heavy (non-hydrogen) atoms. The van der Waals surface area contributed by atoms with Crippen LogP contribution < -0.4 is 5.73 Å². The molecule has 0 spiro atoms. The summed E-state index contributed by atoms with van der Waals surface area (Å²) < 4.78 is 2.18. The largest absolute Gasteiger partial charge is 0.369 e. The SMILES string of the molecule is Cc1ccc2c(c1)nc(N)n2CCC1CCCCC1. The van der Waals surface area contributed by atoms with Gasteiger partial charge in [0, 0.05) is 6.54 Å². The van der Waals surface area contributed by atoms with Gasteiger partial charge in [-0.15, -0.1) is 0 Å². The molecular formula is C16H23N3. The summed E-state index contributed by atoms with van der Waals surface area (Å²) >= 11 is 0. The van der Waals surface area contributed by atoms with Gasteiger partial charge in [-0.2, -0.15) is 0 Å². The molecule has 102 valence electrons. The van der Waals surface area contributed by atoms with E-state index in [1.165, 1.54) is 49.6 Å². The summed E-state index contributed by atoms with van der Waals surface area (Å²) in [5.74, 6) is 1.55. The van der Waals surface area contributed by atoms with E-state index in [1.54, 1.807) is 0 Å². The summed E-state index contributed by atoms with van der Waals surface area (Å²) in [6.45, 7) is 3.10. The van der Waals surface area contributed by atoms with Crippen LogP contribution in [0.2, 0.25) is 0 Å². The Hall–Kier alpha value is -1.51. The van der Waals surface area contributed by atoms with Gasteiger partial charge >= 0.3 is 0 Å².